The van der Waals surface area contributed by atoms with E-state index < -0.39 is 0 Å². The fraction of sp³-hybridized carbons (Fsp3) is 0.286. The highest BCUT2D eigenvalue weighted by Crippen LogP contribution is 2.24. The van der Waals surface area contributed by atoms with Crippen LogP contribution in [0.4, 0.5) is 0 Å². The normalized spacial score (nSPS) is 11.7. The maximum atomic E-state index is 5.94. The van der Waals surface area contributed by atoms with Crippen LogP contribution in [-0.4, -0.2) is 20.1 Å². The minimum Gasteiger partial charge on any atom is -0.459 e. The zero-order valence-electron chi connectivity index (χ0n) is 15.5. The van der Waals surface area contributed by atoms with E-state index in [-0.39, 0.29) is 0 Å². The predicted molar refractivity (Wildman–Crippen MR) is 105 cm³/mol. The summed E-state index contributed by atoms with van der Waals surface area (Å²) in [6.45, 7) is 4.01. The van der Waals surface area contributed by atoms with Gasteiger partial charge in [0, 0.05) is 31.7 Å². The van der Waals surface area contributed by atoms with E-state index in [1.165, 1.54) is 11.1 Å². The lowest BCUT2D eigenvalue weighted by Gasteiger charge is -2.11. The molecule has 0 saturated heterocycles. The number of nitrogens with zero attached hydrogens (tertiary/aromatic N) is 1. The Morgan fingerprint density at radius 1 is 1.00 bits per heavy atom. The first-order valence-electron chi connectivity index (χ1n) is 8.69. The maximum Gasteiger partial charge on any atom is 0.191 e. The van der Waals surface area contributed by atoms with Gasteiger partial charge < -0.3 is 19.8 Å². The molecule has 0 aliphatic rings. The molecule has 136 valence electrons. The number of fused-ring (bicyclic) bond motifs is 1. The van der Waals surface area contributed by atoms with Crippen molar-refractivity contribution in [2.75, 3.05) is 14.2 Å². The molecule has 0 amide bonds. The maximum absolute atomic E-state index is 5.94. The van der Waals surface area contributed by atoms with Crippen molar-refractivity contribution in [1.82, 2.24) is 10.6 Å². The third-order valence-corrected chi connectivity index (χ3v) is 4.38. The Hall–Kier alpha value is -2.79. The number of methoxy groups -OCH3 is 1. The highest BCUT2D eigenvalue weighted by atomic mass is 16.5. The largest absolute Gasteiger partial charge is 0.459 e. The molecule has 2 N–H and O–H groups in total. The van der Waals surface area contributed by atoms with Crippen LogP contribution < -0.4 is 10.6 Å². The van der Waals surface area contributed by atoms with Crippen molar-refractivity contribution in [2.24, 2.45) is 4.99 Å². The number of para-hydroxylation sites is 1. The molecule has 0 aliphatic carbocycles. The average Bonchev–Trinajstić information content (AvgIpc) is 2.99. The lowest BCUT2D eigenvalue weighted by Crippen LogP contribution is -2.36. The highest BCUT2D eigenvalue weighted by Gasteiger charge is 2.10. The molecular formula is C21H25N3O2. The quantitative estimate of drug-likeness (QED) is 0.524. The summed E-state index contributed by atoms with van der Waals surface area (Å²) in [6.07, 6.45) is 0. The Kier molecular flexibility index (Phi) is 5.92. The predicted octanol–water partition coefficient (Wildman–Crippen LogP) is 3.75. The lowest BCUT2D eigenvalue weighted by atomic mass is 10.1. The Balaban J connectivity index is 1.56. The molecule has 1 heterocycles. The minimum atomic E-state index is 0.590. The molecule has 0 bridgehead atoms. The van der Waals surface area contributed by atoms with Crippen LogP contribution in [0, 0.1) is 6.92 Å². The third-order valence-electron chi connectivity index (χ3n) is 4.38. The monoisotopic (exact) mass is 351 g/mol. The number of rotatable bonds is 6. The SMILES string of the molecule is CN=C(NCc1ccc(COC)cc1)NCc1oc2ccccc2c1C. The molecule has 2 aromatic carbocycles. The van der Waals surface area contributed by atoms with Crippen molar-refractivity contribution in [1.29, 1.82) is 0 Å². The lowest BCUT2D eigenvalue weighted by molar-refractivity contribution is 0.185. The number of hydrogen-bond donors (Lipinski definition) is 2. The van der Waals surface area contributed by atoms with Gasteiger partial charge in [0.05, 0.1) is 13.2 Å². The summed E-state index contributed by atoms with van der Waals surface area (Å²) in [5.74, 6) is 1.67. The Morgan fingerprint density at radius 3 is 2.38 bits per heavy atom. The van der Waals surface area contributed by atoms with Crippen LogP contribution in [0.2, 0.25) is 0 Å². The Bertz CT molecular complexity index is 882. The molecule has 0 fully saturated rings. The van der Waals surface area contributed by atoms with E-state index >= 15 is 0 Å². The number of ether oxygens (including phenoxy) is 1. The second-order valence-corrected chi connectivity index (χ2v) is 6.18. The van der Waals surface area contributed by atoms with Crippen LogP contribution in [0.3, 0.4) is 0 Å². The van der Waals surface area contributed by atoms with Crippen LogP contribution in [0.15, 0.2) is 57.9 Å². The average molecular weight is 351 g/mol. The summed E-state index contributed by atoms with van der Waals surface area (Å²) in [6, 6.07) is 16.4. The summed E-state index contributed by atoms with van der Waals surface area (Å²) in [5.41, 5.74) is 4.44. The van der Waals surface area contributed by atoms with Crippen molar-refractivity contribution in [2.45, 2.75) is 26.6 Å². The summed E-state index contributed by atoms with van der Waals surface area (Å²) in [4.78, 5) is 4.28. The van der Waals surface area contributed by atoms with E-state index in [9.17, 15) is 0 Å². The van der Waals surface area contributed by atoms with Gasteiger partial charge in [0.15, 0.2) is 5.96 Å². The van der Waals surface area contributed by atoms with Crippen LogP contribution >= 0.6 is 0 Å². The Labute approximate surface area is 154 Å². The second-order valence-electron chi connectivity index (χ2n) is 6.18. The molecule has 0 unspecified atom stereocenters. The standard InChI is InChI=1S/C21H25N3O2/c1-15-18-6-4-5-7-19(18)26-20(15)13-24-21(22-2)23-12-16-8-10-17(11-9-16)14-25-3/h4-11H,12-14H2,1-3H3,(H2,22,23,24). The number of hydrogen-bond acceptors (Lipinski definition) is 3. The number of nitrogens with one attached hydrogen (secondary N) is 2. The van der Waals surface area contributed by atoms with E-state index in [1.807, 2.05) is 18.2 Å². The molecule has 3 rings (SSSR count). The topological polar surface area (TPSA) is 58.8 Å². The van der Waals surface area contributed by atoms with Crippen LogP contribution in [0.25, 0.3) is 11.0 Å². The van der Waals surface area contributed by atoms with E-state index in [0.717, 1.165) is 28.3 Å². The molecule has 26 heavy (non-hydrogen) atoms. The van der Waals surface area contributed by atoms with Gasteiger partial charge in [0.1, 0.15) is 11.3 Å². The molecule has 0 radical (unpaired) electrons. The fourth-order valence-corrected chi connectivity index (χ4v) is 2.88. The minimum absolute atomic E-state index is 0.590. The molecule has 5 heteroatoms. The van der Waals surface area contributed by atoms with Gasteiger partial charge >= 0.3 is 0 Å². The molecular weight excluding hydrogens is 326 g/mol. The van der Waals surface area contributed by atoms with Crippen molar-refractivity contribution in [3.8, 4) is 0 Å². The van der Waals surface area contributed by atoms with E-state index in [1.54, 1.807) is 14.2 Å². The Morgan fingerprint density at radius 2 is 1.69 bits per heavy atom. The summed E-state index contributed by atoms with van der Waals surface area (Å²) >= 11 is 0. The molecule has 5 nitrogen and oxygen atoms in total. The molecule has 0 aliphatic heterocycles. The first-order valence-corrected chi connectivity index (χ1v) is 8.69. The van der Waals surface area contributed by atoms with Crippen LogP contribution in [0.5, 0.6) is 0 Å². The van der Waals surface area contributed by atoms with Crippen LogP contribution in [0.1, 0.15) is 22.5 Å². The van der Waals surface area contributed by atoms with Gasteiger partial charge in [-0.1, -0.05) is 42.5 Å². The zero-order chi connectivity index (χ0) is 18.4. The molecule has 0 saturated carbocycles. The van der Waals surface area contributed by atoms with Crippen LogP contribution in [-0.2, 0) is 24.4 Å². The number of furan rings is 1. The van der Waals surface area contributed by atoms with Crippen molar-refractivity contribution in [3.05, 3.63) is 71.0 Å². The van der Waals surface area contributed by atoms with Gasteiger partial charge in [-0.2, -0.15) is 0 Å². The van der Waals surface area contributed by atoms with Crippen molar-refractivity contribution >= 4 is 16.9 Å². The van der Waals surface area contributed by atoms with Gasteiger partial charge in [-0.3, -0.25) is 4.99 Å². The van der Waals surface area contributed by atoms with E-state index in [4.69, 9.17) is 9.15 Å². The number of aliphatic imine (C=N–C) groups is 1. The molecule has 3 aromatic rings. The number of benzene rings is 2. The molecule has 1 aromatic heterocycles. The van der Waals surface area contributed by atoms with Crippen molar-refractivity contribution < 1.29 is 9.15 Å². The van der Waals surface area contributed by atoms with Gasteiger partial charge in [-0.05, 0) is 24.1 Å². The fourth-order valence-electron chi connectivity index (χ4n) is 2.88. The van der Waals surface area contributed by atoms with E-state index in [0.29, 0.717) is 19.7 Å². The first kappa shape index (κ1) is 18.0. The smallest absolute Gasteiger partial charge is 0.191 e. The number of aryl methyl sites for hydroxylation is 1. The first-order chi connectivity index (χ1) is 12.7. The van der Waals surface area contributed by atoms with Gasteiger partial charge in [0.25, 0.3) is 0 Å². The van der Waals surface area contributed by atoms with E-state index in [2.05, 4.69) is 52.9 Å². The second kappa shape index (κ2) is 8.54. The van der Waals surface area contributed by atoms with Gasteiger partial charge in [0.2, 0.25) is 0 Å². The number of guanidine groups is 1. The van der Waals surface area contributed by atoms with Gasteiger partial charge in [-0.25, -0.2) is 0 Å². The summed E-state index contributed by atoms with van der Waals surface area (Å²) in [7, 11) is 3.47. The molecule has 0 spiro atoms. The summed E-state index contributed by atoms with van der Waals surface area (Å²) < 4.78 is 11.1. The highest BCUT2D eigenvalue weighted by molar-refractivity contribution is 5.82. The molecule has 0 atom stereocenters. The summed E-state index contributed by atoms with van der Waals surface area (Å²) in [5, 5.41) is 7.80. The van der Waals surface area contributed by atoms with Gasteiger partial charge in [-0.15, -0.1) is 0 Å². The van der Waals surface area contributed by atoms with Crippen molar-refractivity contribution in [3.63, 3.8) is 0 Å². The zero-order valence-corrected chi connectivity index (χ0v) is 15.5. The third kappa shape index (κ3) is 4.24.